The average molecular weight is 289 g/mol. The van der Waals surface area contributed by atoms with Gasteiger partial charge in [0.15, 0.2) is 0 Å². The Morgan fingerprint density at radius 1 is 1.15 bits per heavy atom. The van der Waals surface area contributed by atoms with Crippen LogP contribution in [0.4, 0.5) is 0 Å². The molecule has 20 heavy (non-hydrogen) atoms. The Morgan fingerprint density at radius 3 is 2.35 bits per heavy atom. The molecule has 0 spiro atoms. The summed E-state index contributed by atoms with van der Waals surface area (Å²) < 4.78 is 10.4. The lowest BCUT2D eigenvalue weighted by molar-refractivity contribution is -0.123. The number of likely N-dealkylation sites (N-methyl/N-ethyl adjacent to an activating group) is 1. The highest BCUT2D eigenvalue weighted by molar-refractivity contribution is 5.83. The van der Waals surface area contributed by atoms with Crippen molar-refractivity contribution in [2.75, 3.05) is 46.6 Å². The molecule has 0 radical (unpaired) electrons. The van der Waals surface area contributed by atoms with Crippen LogP contribution >= 0.6 is 0 Å². The molecule has 0 fully saturated rings. The zero-order valence-corrected chi connectivity index (χ0v) is 12.4. The molecule has 0 aliphatic rings. The highest BCUT2D eigenvalue weighted by Gasteiger charge is 2.15. The van der Waals surface area contributed by atoms with Gasteiger partial charge >= 0.3 is 0 Å². The molecule has 1 amide bonds. The van der Waals surface area contributed by atoms with E-state index in [0.29, 0.717) is 52.4 Å². The number of amides is 1. The Balaban J connectivity index is 3.57. The van der Waals surface area contributed by atoms with E-state index in [1.54, 1.807) is 7.05 Å². The van der Waals surface area contributed by atoms with Crippen molar-refractivity contribution in [3.05, 3.63) is 0 Å². The number of carbonyl (C=O) groups excluding carboxylic acids is 2. The number of Topliss-reactive ketones (excluding diaryl/α,β-unsaturated/α-hetero) is 1. The number of ether oxygens (including phenoxy) is 2. The molecule has 1 unspecified atom stereocenters. The van der Waals surface area contributed by atoms with Gasteiger partial charge in [-0.05, 0) is 20.4 Å². The fraction of sp³-hybridized carbons (Fsp3) is 0.846. The highest BCUT2D eigenvalue weighted by Crippen LogP contribution is 1.97. The second-order valence-corrected chi connectivity index (χ2v) is 4.39. The van der Waals surface area contributed by atoms with Crippen LogP contribution in [-0.2, 0) is 19.1 Å². The highest BCUT2D eigenvalue weighted by atomic mass is 16.5. The van der Waals surface area contributed by atoms with Gasteiger partial charge in [-0.2, -0.15) is 0 Å². The third-order valence-electron chi connectivity index (χ3n) is 2.63. The molecule has 1 atom stereocenters. The Morgan fingerprint density at radius 2 is 1.80 bits per heavy atom. The molecule has 0 aliphatic carbocycles. The maximum Gasteiger partial charge on any atom is 0.237 e. The van der Waals surface area contributed by atoms with Crippen LogP contribution in [0.2, 0.25) is 0 Å². The van der Waals surface area contributed by atoms with E-state index in [0.717, 1.165) is 0 Å². The van der Waals surface area contributed by atoms with Crippen molar-refractivity contribution in [3.63, 3.8) is 0 Å². The van der Waals surface area contributed by atoms with Crippen LogP contribution < -0.4 is 16.4 Å². The summed E-state index contributed by atoms with van der Waals surface area (Å²) in [6, 6.07) is -0.341. The smallest absolute Gasteiger partial charge is 0.237 e. The average Bonchev–Trinajstić information content (AvgIpc) is 2.42. The first-order valence-corrected chi connectivity index (χ1v) is 6.91. The quantitative estimate of drug-likeness (QED) is 0.378. The van der Waals surface area contributed by atoms with Gasteiger partial charge in [0.25, 0.3) is 0 Å². The minimum Gasteiger partial charge on any atom is -0.378 e. The summed E-state index contributed by atoms with van der Waals surface area (Å²) in [5.41, 5.74) is 5.27. The molecule has 0 aromatic rings. The lowest BCUT2D eigenvalue weighted by atomic mass is 10.1. The van der Waals surface area contributed by atoms with Crippen molar-refractivity contribution in [2.24, 2.45) is 5.73 Å². The SMILES string of the molecule is CNC(CCC(C)=O)C(=O)NCCOCCOCCN. The van der Waals surface area contributed by atoms with Gasteiger partial charge in [-0.15, -0.1) is 0 Å². The summed E-state index contributed by atoms with van der Waals surface area (Å²) in [5, 5.41) is 5.66. The fourth-order valence-corrected chi connectivity index (χ4v) is 1.53. The van der Waals surface area contributed by atoms with Crippen molar-refractivity contribution < 1.29 is 19.1 Å². The largest absolute Gasteiger partial charge is 0.378 e. The van der Waals surface area contributed by atoms with Crippen LogP contribution in [0.15, 0.2) is 0 Å². The molecule has 0 aliphatic heterocycles. The molecule has 0 saturated carbocycles. The third-order valence-corrected chi connectivity index (χ3v) is 2.63. The van der Waals surface area contributed by atoms with Crippen LogP contribution in [0.25, 0.3) is 0 Å². The van der Waals surface area contributed by atoms with Crippen LogP contribution in [0, 0.1) is 0 Å². The summed E-state index contributed by atoms with van der Waals surface area (Å²) >= 11 is 0. The Hall–Kier alpha value is -1.02. The Labute approximate surface area is 120 Å². The number of hydrogen-bond donors (Lipinski definition) is 3. The molecule has 0 rings (SSSR count). The van der Waals surface area contributed by atoms with E-state index >= 15 is 0 Å². The molecule has 0 heterocycles. The first kappa shape index (κ1) is 19.0. The van der Waals surface area contributed by atoms with Crippen molar-refractivity contribution in [2.45, 2.75) is 25.8 Å². The minimum absolute atomic E-state index is 0.0823. The minimum atomic E-state index is -0.341. The van der Waals surface area contributed by atoms with Gasteiger partial charge in [-0.1, -0.05) is 0 Å². The van der Waals surface area contributed by atoms with Gasteiger partial charge in [0.2, 0.25) is 5.91 Å². The van der Waals surface area contributed by atoms with E-state index in [4.69, 9.17) is 15.2 Å². The third kappa shape index (κ3) is 10.9. The predicted octanol–water partition coefficient (Wildman–Crippen LogP) is -0.948. The van der Waals surface area contributed by atoms with Gasteiger partial charge in [-0.3, -0.25) is 4.79 Å². The Kier molecular flexibility index (Phi) is 12.3. The molecule has 0 saturated heterocycles. The summed E-state index contributed by atoms with van der Waals surface area (Å²) in [5.74, 6) is -0.0319. The summed E-state index contributed by atoms with van der Waals surface area (Å²) in [4.78, 5) is 22.7. The number of carbonyl (C=O) groups is 2. The van der Waals surface area contributed by atoms with Gasteiger partial charge in [0, 0.05) is 19.5 Å². The lowest BCUT2D eigenvalue weighted by Crippen LogP contribution is -2.43. The molecule has 0 bridgehead atoms. The molecular weight excluding hydrogens is 262 g/mol. The molecular formula is C13H27N3O4. The van der Waals surface area contributed by atoms with Crippen molar-refractivity contribution in [3.8, 4) is 0 Å². The molecule has 7 nitrogen and oxygen atoms in total. The van der Waals surface area contributed by atoms with Crippen LogP contribution in [0.5, 0.6) is 0 Å². The fourth-order valence-electron chi connectivity index (χ4n) is 1.53. The predicted molar refractivity (Wildman–Crippen MR) is 76.5 cm³/mol. The number of nitrogens with one attached hydrogen (secondary N) is 2. The van der Waals surface area contributed by atoms with E-state index in [9.17, 15) is 9.59 Å². The van der Waals surface area contributed by atoms with Crippen molar-refractivity contribution in [1.29, 1.82) is 0 Å². The van der Waals surface area contributed by atoms with Crippen LogP contribution in [0.3, 0.4) is 0 Å². The first-order valence-electron chi connectivity index (χ1n) is 6.91. The van der Waals surface area contributed by atoms with E-state index in [-0.39, 0.29) is 17.7 Å². The number of hydrogen-bond acceptors (Lipinski definition) is 6. The maximum atomic E-state index is 11.8. The van der Waals surface area contributed by atoms with Crippen molar-refractivity contribution in [1.82, 2.24) is 10.6 Å². The summed E-state index contributed by atoms with van der Waals surface area (Å²) in [6.45, 7) is 4.40. The second-order valence-electron chi connectivity index (χ2n) is 4.39. The Bertz CT molecular complexity index is 274. The normalized spacial score (nSPS) is 12.2. The number of rotatable bonds is 13. The zero-order valence-electron chi connectivity index (χ0n) is 12.4. The van der Waals surface area contributed by atoms with Gasteiger partial charge in [0.1, 0.15) is 5.78 Å². The van der Waals surface area contributed by atoms with Crippen LogP contribution in [-0.4, -0.2) is 64.3 Å². The number of nitrogens with two attached hydrogens (primary N) is 1. The van der Waals surface area contributed by atoms with Gasteiger partial charge in [0.05, 0.1) is 32.5 Å². The van der Waals surface area contributed by atoms with Crippen LogP contribution in [0.1, 0.15) is 19.8 Å². The monoisotopic (exact) mass is 289 g/mol. The molecule has 118 valence electrons. The van der Waals surface area contributed by atoms with E-state index < -0.39 is 0 Å². The van der Waals surface area contributed by atoms with E-state index in [2.05, 4.69) is 10.6 Å². The maximum absolute atomic E-state index is 11.8. The van der Waals surface area contributed by atoms with Crippen molar-refractivity contribution >= 4 is 11.7 Å². The van der Waals surface area contributed by atoms with E-state index in [1.807, 2.05) is 0 Å². The lowest BCUT2D eigenvalue weighted by Gasteiger charge is -2.15. The first-order chi connectivity index (χ1) is 9.61. The van der Waals surface area contributed by atoms with Gasteiger partial charge in [-0.25, -0.2) is 0 Å². The standard InChI is InChI=1S/C13H27N3O4/c1-11(17)3-4-12(15-2)13(18)16-6-8-20-10-9-19-7-5-14/h12,15H,3-10,14H2,1-2H3,(H,16,18). The van der Waals surface area contributed by atoms with E-state index in [1.165, 1.54) is 6.92 Å². The number of ketones is 1. The molecule has 0 aromatic heterocycles. The summed E-state index contributed by atoms with van der Waals surface area (Å²) in [7, 11) is 1.70. The molecule has 4 N–H and O–H groups in total. The molecule has 0 aromatic carbocycles. The summed E-state index contributed by atoms with van der Waals surface area (Å²) in [6.07, 6.45) is 0.902. The molecule has 7 heteroatoms. The second kappa shape index (κ2) is 13.0. The van der Waals surface area contributed by atoms with Gasteiger partial charge < -0.3 is 30.6 Å². The zero-order chi connectivity index (χ0) is 15.2. The topological polar surface area (TPSA) is 103 Å².